The third kappa shape index (κ3) is 5.58. The third-order valence-electron chi connectivity index (χ3n) is 2.98. The van der Waals surface area contributed by atoms with E-state index in [9.17, 15) is 8.78 Å². The molecule has 0 aliphatic rings. The van der Waals surface area contributed by atoms with Gasteiger partial charge in [0.05, 0.1) is 0 Å². The van der Waals surface area contributed by atoms with Gasteiger partial charge in [-0.1, -0.05) is 35.5 Å². The summed E-state index contributed by atoms with van der Waals surface area (Å²) in [6.07, 6.45) is -0.0792. The first-order valence-electron chi connectivity index (χ1n) is 7.27. The number of hydrogen-bond donors (Lipinski definition) is 0. The highest BCUT2D eigenvalue weighted by Gasteiger charge is 2.12. The molecule has 0 bridgehead atoms. The average molecular weight is 374 g/mol. The van der Waals surface area contributed by atoms with Crippen molar-refractivity contribution < 1.29 is 13.5 Å². The van der Waals surface area contributed by atoms with Gasteiger partial charge in [-0.15, -0.1) is 0 Å². The van der Waals surface area contributed by atoms with Crippen molar-refractivity contribution in [2.75, 3.05) is 20.6 Å². The van der Waals surface area contributed by atoms with Crippen LogP contribution >= 0.6 is 23.4 Å². The van der Waals surface area contributed by atoms with Crippen LogP contribution in [0, 0.1) is 11.6 Å². The van der Waals surface area contributed by atoms with Crippen LogP contribution in [0.5, 0.6) is 5.88 Å². The van der Waals surface area contributed by atoms with Crippen LogP contribution < -0.4 is 4.74 Å². The number of rotatable bonds is 7. The zero-order chi connectivity index (χ0) is 17.7. The summed E-state index contributed by atoms with van der Waals surface area (Å²) in [6.45, 7) is 2.64. The number of thioether (sulfide) groups is 1. The minimum absolute atomic E-state index is 0.0792. The van der Waals surface area contributed by atoms with E-state index in [1.165, 1.54) is 18.2 Å². The van der Waals surface area contributed by atoms with Crippen LogP contribution in [-0.4, -0.2) is 41.6 Å². The van der Waals surface area contributed by atoms with Crippen molar-refractivity contribution in [3.63, 3.8) is 0 Å². The summed E-state index contributed by atoms with van der Waals surface area (Å²) in [4.78, 5) is 10.3. The smallest absolute Gasteiger partial charge is 0.219 e. The molecule has 0 N–H and O–H groups in total. The van der Waals surface area contributed by atoms with E-state index in [4.69, 9.17) is 16.3 Å². The molecular formula is C16H18ClF2N3OS. The molecule has 1 aromatic heterocycles. The predicted molar refractivity (Wildman–Crippen MR) is 91.6 cm³/mol. The van der Waals surface area contributed by atoms with Crippen LogP contribution in [0.25, 0.3) is 0 Å². The minimum Gasteiger partial charge on any atom is -0.473 e. The number of ether oxygens (including phenoxy) is 1. The molecule has 0 fully saturated rings. The average Bonchev–Trinajstić information content (AvgIpc) is 2.47. The van der Waals surface area contributed by atoms with Gasteiger partial charge in [0.15, 0.2) is 16.8 Å². The van der Waals surface area contributed by atoms with Crippen molar-refractivity contribution in [1.29, 1.82) is 0 Å². The maximum absolute atomic E-state index is 13.7. The maximum atomic E-state index is 13.7. The predicted octanol–water partition coefficient (Wildman–Crippen LogP) is 4.03. The Labute approximate surface area is 149 Å². The largest absolute Gasteiger partial charge is 0.473 e. The monoisotopic (exact) mass is 373 g/mol. The first kappa shape index (κ1) is 18.9. The van der Waals surface area contributed by atoms with Gasteiger partial charge in [-0.3, -0.25) is 0 Å². The zero-order valence-corrected chi connectivity index (χ0v) is 15.2. The van der Waals surface area contributed by atoms with Gasteiger partial charge in [0.2, 0.25) is 5.88 Å². The lowest BCUT2D eigenvalue weighted by Gasteiger charge is -2.18. The summed E-state index contributed by atoms with van der Waals surface area (Å²) in [5.41, 5.74) is 0.243. The van der Waals surface area contributed by atoms with Crippen LogP contribution in [0.15, 0.2) is 29.4 Å². The summed E-state index contributed by atoms with van der Waals surface area (Å²) in [6, 6.07) is 5.59. The number of benzene rings is 1. The number of likely N-dealkylation sites (N-methyl/N-ethyl adjacent to an activating group) is 1. The second kappa shape index (κ2) is 8.60. The lowest BCUT2D eigenvalue weighted by Crippen LogP contribution is -2.28. The highest BCUT2D eigenvalue weighted by atomic mass is 35.5. The first-order valence-corrected chi connectivity index (χ1v) is 8.63. The number of nitrogens with zero attached hydrogens (tertiary/aromatic N) is 3. The van der Waals surface area contributed by atoms with Gasteiger partial charge in [-0.2, -0.15) is 4.98 Å². The summed E-state index contributed by atoms with van der Waals surface area (Å²) < 4.78 is 32.6. The Bertz CT molecular complexity index is 703. The van der Waals surface area contributed by atoms with Crippen LogP contribution in [0.3, 0.4) is 0 Å². The number of aromatic nitrogens is 2. The molecule has 130 valence electrons. The Balaban J connectivity index is 2.06. The van der Waals surface area contributed by atoms with Gasteiger partial charge in [-0.25, -0.2) is 13.8 Å². The van der Waals surface area contributed by atoms with Crippen molar-refractivity contribution >= 4 is 23.4 Å². The molecule has 8 heteroatoms. The second-order valence-electron chi connectivity index (χ2n) is 5.50. The lowest BCUT2D eigenvalue weighted by atomic mass is 10.2. The van der Waals surface area contributed by atoms with Crippen LogP contribution in [0.4, 0.5) is 8.78 Å². The van der Waals surface area contributed by atoms with Crippen LogP contribution in [0.1, 0.15) is 12.5 Å². The molecule has 1 atom stereocenters. The fraction of sp³-hybridized carbons (Fsp3) is 0.375. The molecule has 0 saturated heterocycles. The van der Waals surface area contributed by atoms with Crippen LogP contribution in [0.2, 0.25) is 5.15 Å². The molecule has 4 nitrogen and oxygen atoms in total. The summed E-state index contributed by atoms with van der Waals surface area (Å²) in [5.74, 6) is -1.19. The molecule has 1 unspecified atom stereocenters. The number of hydrogen-bond acceptors (Lipinski definition) is 5. The molecule has 0 amide bonds. The highest BCUT2D eigenvalue weighted by Crippen LogP contribution is 2.25. The van der Waals surface area contributed by atoms with E-state index in [2.05, 4.69) is 9.97 Å². The Hall–Kier alpha value is -1.44. The normalized spacial score (nSPS) is 12.5. The van der Waals surface area contributed by atoms with Crippen molar-refractivity contribution in [2.24, 2.45) is 0 Å². The highest BCUT2D eigenvalue weighted by molar-refractivity contribution is 7.98. The minimum atomic E-state index is -0.873. The molecule has 2 rings (SSSR count). The first-order chi connectivity index (χ1) is 11.3. The van der Waals surface area contributed by atoms with Gasteiger partial charge >= 0.3 is 0 Å². The molecule has 24 heavy (non-hydrogen) atoms. The molecule has 0 aliphatic heterocycles. The van der Waals surface area contributed by atoms with Gasteiger partial charge in [0.25, 0.3) is 0 Å². The summed E-state index contributed by atoms with van der Waals surface area (Å²) >= 11 is 7.15. The van der Waals surface area contributed by atoms with Gasteiger partial charge < -0.3 is 9.64 Å². The topological polar surface area (TPSA) is 38.2 Å². The molecule has 2 aromatic rings. The van der Waals surface area contributed by atoms with Crippen molar-refractivity contribution in [1.82, 2.24) is 14.9 Å². The van der Waals surface area contributed by atoms with E-state index in [-0.39, 0.29) is 22.6 Å². The Kier molecular flexibility index (Phi) is 6.77. The van der Waals surface area contributed by atoms with E-state index < -0.39 is 11.6 Å². The molecule has 0 radical (unpaired) electrons. The second-order valence-corrected chi connectivity index (χ2v) is 6.83. The fourth-order valence-electron chi connectivity index (χ4n) is 2.06. The van der Waals surface area contributed by atoms with E-state index in [0.29, 0.717) is 11.0 Å². The van der Waals surface area contributed by atoms with Gasteiger partial charge in [0.1, 0.15) is 11.3 Å². The maximum Gasteiger partial charge on any atom is 0.219 e. The molecule has 0 spiro atoms. The third-order valence-corrected chi connectivity index (χ3v) is 4.07. The van der Waals surface area contributed by atoms with Crippen molar-refractivity contribution in [3.05, 3.63) is 46.6 Å². The van der Waals surface area contributed by atoms with Crippen molar-refractivity contribution in [2.45, 2.75) is 23.9 Å². The molecule has 1 heterocycles. The van der Waals surface area contributed by atoms with Gasteiger partial charge in [-0.05, 0) is 27.1 Å². The Morgan fingerprint density at radius 2 is 2.04 bits per heavy atom. The molecule has 0 aliphatic carbocycles. The molecule has 0 saturated carbocycles. The van der Waals surface area contributed by atoms with E-state index in [1.54, 1.807) is 0 Å². The fourth-order valence-corrected chi connectivity index (χ4v) is 3.11. The van der Waals surface area contributed by atoms with E-state index in [0.717, 1.165) is 24.4 Å². The quantitative estimate of drug-likeness (QED) is 0.416. The summed E-state index contributed by atoms with van der Waals surface area (Å²) in [7, 11) is 3.89. The lowest BCUT2D eigenvalue weighted by molar-refractivity contribution is 0.169. The van der Waals surface area contributed by atoms with Crippen molar-refractivity contribution in [3.8, 4) is 5.88 Å². The Morgan fingerprint density at radius 1 is 1.29 bits per heavy atom. The SMILES string of the molecule is CC(CN(C)C)Oc1cc(Cl)nc(SCc2cccc(F)c2F)n1. The van der Waals surface area contributed by atoms with Crippen LogP contribution in [-0.2, 0) is 5.75 Å². The molecular weight excluding hydrogens is 356 g/mol. The standard InChI is InChI=1S/C16H18ClF2N3OS/c1-10(8-22(2)3)23-14-7-13(17)20-16(21-14)24-9-11-5-4-6-12(18)15(11)19/h4-7,10H,8-9H2,1-3H3. The number of halogens is 3. The zero-order valence-electron chi connectivity index (χ0n) is 13.6. The Morgan fingerprint density at radius 3 is 2.75 bits per heavy atom. The van der Waals surface area contributed by atoms with Gasteiger partial charge in [0, 0.05) is 23.9 Å². The summed E-state index contributed by atoms with van der Waals surface area (Å²) in [5, 5.41) is 0.581. The van der Waals surface area contributed by atoms with E-state index >= 15 is 0 Å². The van der Waals surface area contributed by atoms with E-state index in [1.807, 2.05) is 25.9 Å². The molecule has 1 aromatic carbocycles.